The molecule has 11 heteroatoms. The van der Waals surface area contributed by atoms with Crippen molar-refractivity contribution in [1.82, 2.24) is 4.57 Å². The van der Waals surface area contributed by atoms with E-state index in [1.807, 2.05) is 11.5 Å². The van der Waals surface area contributed by atoms with Crippen LogP contribution in [0.5, 0.6) is 0 Å². The third-order valence-corrected chi connectivity index (χ3v) is 7.63. The summed E-state index contributed by atoms with van der Waals surface area (Å²) >= 11 is 1.31. The third kappa shape index (κ3) is 4.97. The molecule has 0 aliphatic carbocycles. The molecule has 1 aromatic carbocycles. The fourth-order valence-electron chi connectivity index (χ4n) is 3.23. The Morgan fingerprint density at radius 2 is 1.97 bits per heavy atom. The van der Waals surface area contributed by atoms with E-state index >= 15 is 0 Å². The van der Waals surface area contributed by atoms with Gasteiger partial charge in [-0.15, -0.1) is 15.7 Å². The van der Waals surface area contributed by atoms with Gasteiger partial charge in [-0.2, -0.15) is 8.42 Å². The molecule has 0 radical (unpaired) electrons. The largest absolute Gasteiger partial charge is 0.350 e. The Balaban J connectivity index is 2.07. The van der Waals surface area contributed by atoms with Crippen LogP contribution in [0, 0.1) is 17.0 Å². The summed E-state index contributed by atoms with van der Waals surface area (Å²) in [5.74, 6) is 0. The topological polar surface area (TPSA) is 113 Å². The maximum absolute atomic E-state index is 12.9. The van der Waals surface area contributed by atoms with Gasteiger partial charge in [-0.05, 0) is 18.4 Å². The minimum atomic E-state index is -4.13. The van der Waals surface area contributed by atoms with Crippen LogP contribution in [0.2, 0.25) is 0 Å². The second-order valence-electron chi connectivity index (χ2n) is 7.98. The first-order valence-corrected chi connectivity index (χ1v) is 11.7. The summed E-state index contributed by atoms with van der Waals surface area (Å²) in [6.07, 6.45) is 0.238. The van der Waals surface area contributed by atoms with Crippen LogP contribution in [-0.2, 0) is 31.5 Å². The first-order valence-electron chi connectivity index (χ1n) is 9.48. The lowest BCUT2D eigenvalue weighted by Gasteiger charge is -2.18. The summed E-state index contributed by atoms with van der Waals surface area (Å²) in [7, 11) is -4.13. The number of ether oxygens (including phenoxy) is 2. The van der Waals surface area contributed by atoms with Crippen molar-refractivity contribution in [3.05, 3.63) is 49.8 Å². The van der Waals surface area contributed by atoms with Gasteiger partial charge in [0.05, 0.1) is 23.0 Å². The van der Waals surface area contributed by atoms with Crippen molar-refractivity contribution in [1.29, 1.82) is 0 Å². The lowest BCUT2D eigenvalue weighted by atomic mass is 9.93. The maximum atomic E-state index is 12.9. The number of nitro groups is 1. The number of aromatic nitrogens is 1. The van der Waals surface area contributed by atoms with Crippen LogP contribution in [0.25, 0.3) is 0 Å². The molecule has 0 unspecified atom stereocenters. The summed E-state index contributed by atoms with van der Waals surface area (Å²) in [4.78, 5) is 11.5. The molecule has 1 saturated heterocycles. The Morgan fingerprint density at radius 1 is 1.30 bits per heavy atom. The van der Waals surface area contributed by atoms with E-state index in [9.17, 15) is 18.5 Å². The van der Waals surface area contributed by atoms with E-state index in [-0.39, 0.29) is 22.3 Å². The smallest absolute Gasteiger partial charge is 0.285 e. The maximum Gasteiger partial charge on any atom is 0.285 e. The minimum absolute atomic E-state index is 0.195. The van der Waals surface area contributed by atoms with Crippen molar-refractivity contribution in [3.63, 3.8) is 0 Å². The van der Waals surface area contributed by atoms with Crippen LogP contribution in [0.1, 0.15) is 37.8 Å². The molecule has 0 N–H and O–H groups in total. The van der Waals surface area contributed by atoms with E-state index in [4.69, 9.17) is 9.47 Å². The van der Waals surface area contributed by atoms with E-state index in [0.717, 1.165) is 16.6 Å². The van der Waals surface area contributed by atoms with E-state index in [0.29, 0.717) is 31.0 Å². The average molecular weight is 456 g/mol. The van der Waals surface area contributed by atoms with Crippen molar-refractivity contribution in [3.8, 4) is 0 Å². The zero-order valence-electron chi connectivity index (χ0n) is 17.3. The van der Waals surface area contributed by atoms with Crippen molar-refractivity contribution in [2.75, 3.05) is 13.2 Å². The number of nitrogens with zero attached hydrogens (tertiary/aromatic N) is 3. The van der Waals surface area contributed by atoms with Crippen LogP contribution < -0.4 is 4.80 Å². The molecular formula is C19H25N3O6S2. The SMILES string of the molecule is Cc1c(C(C)(C)C)s/c(=N\S(=O)(=O)c2cccc([N+](=O)[O-])c2)n1CCC1OCCO1. The van der Waals surface area contributed by atoms with Crippen LogP contribution in [0.3, 0.4) is 0 Å². The third-order valence-electron chi connectivity index (χ3n) is 4.64. The van der Waals surface area contributed by atoms with E-state index in [2.05, 4.69) is 25.2 Å². The van der Waals surface area contributed by atoms with Crippen LogP contribution in [-0.4, -0.2) is 37.4 Å². The van der Waals surface area contributed by atoms with E-state index in [1.165, 1.54) is 29.5 Å². The molecule has 1 fully saturated rings. The van der Waals surface area contributed by atoms with Gasteiger partial charge in [0.25, 0.3) is 15.7 Å². The van der Waals surface area contributed by atoms with Gasteiger partial charge in [-0.1, -0.05) is 26.8 Å². The highest BCUT2D eigenvalue weighted by Gasteiger charge is 2.25. The quantitative estimate of drug-likeness (QED) is 0.488. The minimum Gasteiger partial charge on any atom is -0.350 e. The van der Waals surface area contributed by atoms with Gasteiger partial charge in [-0.3, -0.25) is 10.1 Å². The number of sulfonamides is 1. The van der Waals surface area contributed by atoms with Crippen molar-refractivity contribution in [2.24, 2.45) is 4.40 Å². The predicted octanol–water partition coefficient (Wildman–Crippen LogP) is 3.12. The normalized spacial score (nSPS) is 16.3. The van der Waals surface area contributed by atoms with Crippen LogP contribution in [0.4, 0.5) is 5.69 Å². The number of rotatable bonds is 6. The Kier molecular flexibility index (Phi) is 6.46. The lowest BCUT2D eigenvalue weighted by molar-refractivity contribution is -0.385. The molecule has 0 amide bonds. The van der Waals surface area contributed by atoms with Gasteiger partial charge in [0.15, 0.2) is 6.29 Å². The molecule has 0 spiro atoms. The van der Waals surface area contributed by atoms with Crippen molar-refractivity contribution >= 4 is 27.0 Å². The molecule has 1 aromatic heterocycles. The molecule has 3 rings (SSSR count). The molecule has 0 saturated carbocycles. The van der Waals surface area contributed by atoms with Crippen LogP contribution >= 0.6 is 11.3 Å². The fraction of sp³-hybridized carbons (Fsp3) is 0.526. The zero-order valence-corrected chi connectivity index (χ0v) is 19.0. The molecular weight excluding hydrogens is 430 g/mol. The molecule has 2 aromatic rings. The number of nitro benzene ring substituents is 1. The molecule has 1 aliphatic heterocycles. The Bertz CT molecular complexity index is 1110. The summed E-state index contributed by atoms with van der Waals surface area (Å²) < 4.78 is 42.7. The molecule has 164 valence electrons. The van der Waals surface area contributed by atoms with Gasteiger partial charge in [0, 0.05) is 35.7 Å². The van der Waals surface area contributed by atoms with E-state index < -0.39 is 14.9 Å². The summed E-state index contributed by atoms with van der Waals surface area (Å²) in [5, 5.41) is 11.0. The fourth-order valence-corrected chi connectivity index (χ4v) is 5.69. The summed E-state index contributed by atoms with van der Waals surface area (Å²) in [6, 6.07) is 4.91. The van der Waals surface area contributed by atoms with Crippen molar-refractivity contribution < 1.29 is 22.8 Å². The first kappa shape index (κ1) is 22.6. The monoisotopic (exact) mass is 455 g/mol. The highest BCUT2D eigenvalue weighted by Crippen LogP contribution is 2.29. The second kappa shape index (κ2) is 8.58. The Hall–Kier alpha value is -2.08. The van der Waals surface area contributed by atoms with Gasteiger partial charge < -0.3 is 14.0 Å². The van der Waals surface area contributed by atoms with Crippen molar-refractivity contribution in [2.45, 2.75) is 57.3 Å². The molecule has 1 aliphatic rings. The van der Waals surface area contributed by atoms with Crippen LogP contribution in [0.15, 0.2) is 33.6 Å². The van der Waals surface area contributed by atoms with Gasteiger partial charge >= 0.3 is 0 Å². The molecule has 9 nitrogen and oxygen atoms in total. The zero-order chi connectivity index (χ0) is 22.1. The van der Waals surface area contributed by atoms with Gasteiger partial charge in [0.1, 0.15) is 0 Å². The number of hydrogen-bond acceptors (Lipinski definition) is 7. The summed E-state index contributed by atoms with van der Waals surface area (Å²) in [5.41, 5.74) is 0.436. The van der Waals surface area contributed by atoms with E-state index in [1.54, 1.807) is 0 Å². The summed E-state index contributed by atoms with van der Waals surface area (Å²) in [6.45, 7) is 9.67. The number of hydrogen-bond donors (Lipinski definition) is 0. The second-order valence-corrected chi connectivity index (χ2v) is 10.6. The molecule has 0 bridgehead atoms. The molecule has 0 atom stereocenters. The lowest BCUT2D eigenvalue weighted by Crippen LogP contribution is -2.22. The number of benzene rings is 1. The highest BCUT2D eigenvalue weighted by molar-refractivity contribution is 7.90. The predicted molar refractivity (Wildman–Crippen MR) is 112 cm³/mol. The number of thiazole rings is 1. The van der Waals surface area contributed by atoms with Gasteiger partial charge in [0.2, 0.25) is 4.80 Å². The first-order chi connectivity index (χ1) is 14.0. The Morgan fingerprint density at radius 3 is 2.57 bits per heavy atom. The standard InChI is InChI=1S/C19H25N3O6S2/c1-13-17(19(2,3)4)29-18(21(13)9-8-16-27-10-11-28-16)20-30(25,26)15-7-5-6-14(12-15)22(23)24/h5-7,12,16H,8-11H2,1-4H3/b20-18-. The average Bonchev–Trinajstić information content (AvgIpc) is 3.28. The Labute approximate surface area is 179 Å². The molecule has 30 heavy (non-hydrogen) atoms. The number of non-ortho nitro benzene ring substituents is 1. The molecule has 2 heterocycles. The van der Waals surface area contributed by atoms with Gasteiger partial charge in [-0.25, -0.2) is 0 Å². The highest BCUT2D eigenvalue weighted by atomic mass is 32.2.